The van der Waals surface area contributed by atoms with Crippen LogP contribution in [0.4, 0.5) is 4.39 Å². The van der Waals surface area contributed by atoms with Crippen molar-refractivity contribution < 1.29 is 13.9 Å². The molecule has 0 atom stereocenters. The second-order valence-corrected chi connectivity index (χ2v) is 7.18. The van der Waals surface area contributed by atoms with Gasteiger partial charge in [-0.2, -0.15) is 0 Å². The minimum absolute atomic E-state index is 0.151. The number of amides is 1. The highest BCUT2D eigenvalue weighted by atomic mass is 19.1. The maximum absolute atomic E-state index is 13.5. The molecule has 1 amide bonds. The van der Waals surface area contributed by atoms with Gasteiger partial charge in [0.05, 0.1) is 5.54 Å². The fourth-order valence-corrected chi connectivity index (χ4v) is 2.96. The molecule has 1 aliphatic rings. The lowest BCUT2D eigenvalue weighted by atomic mass is 10.0. The molecular formula is C21H25FN2O2. The molecule has 1 fully saturated rings. The maximum Gasteiger partial charge on any atom is 0.252 e. The molecule has 1 saturated carbocycles. The van der Waals surface area contributed by atoms with Crippen LogP contribution in [-0.4, -0.2) is 38.1 Å². The Labute approximate surface area is 154 Å². The summed E-state index contributed by atoms with van der Waals surface area (Å²) in [6, 6.07) is 12.0. The molecule has 2 aromatic carbocycles. The topological polar surface area (TPSA) is 41.6 Å². The van der Waals surface area contributed by atoms with E-state index in [4.69, 9.17) is 4.74 Å². The normalized spacial score (nSPS) is 15.0. The van der Waals surface area contributed by atoms with Gasteiger partial charge in [0.1, 0.15) is 18.2 Å². The Morgan fingerprint density at radius 1 is 1.23 bits per heavy atom. The highest BCUT2D eigenvalue weighted by molar-refractivity contribution is 5.96. The van der Waals surface area contributed by atoms with Gasteiger partial charge >= 0.3 is 0 Å². The molecule has 0 bridgehead atoms. The summed E-state index contributed by atoms with van der Waals surface area (Å²) in [7, 11) is 3.97. The number of halogens is 1. The van der Waals surface area contributed by atoms with Gasteiger partial charge in [-0.1, -0.05) is 18.2 Å². The first-order valence-corrected chi connectivity index (χ1v) is 8.86. The number of nitrogens with one attached hydrogen (secondary N) is 1. The number of hydrogen-bond donors (Lipinski definition) is 1. The quantitative estimate of drug-likeness (QED) is 0.826. The van der Waals surface area contributed by atoms with Crippen molar-refractivity contribution in [1.29, 1.82) is 0 Å². The fourth-order valence-electron chi connectivity index (χ4n) is 2.96. The second-order valence-electron chi connectivity index (χ2n) is 7.18. The number of nitrogens with zero attached hydrogens (tertiary/aromatic N) is 1. The van der Waals surface area contributed by atoms with Gasteiger partial charge in [-0.15, -0.1) is 0 Å². The first-order chi connectivity index (χ1) is 12.4. The Bertz CT molecular complexity index is 800. The van der Waals surface area contributed by atoms with Gasteiger partial charge in [-0.3, -0.25) is 4.79 Å². The Hall–Kier alpha value is -2.40. The van der Waals surface area contributed by atoms with E-state index >= 15 is 0 Å². The molecule has 1 N–H and O–H groups in total. The van der Waals surface area contributed by atoms with Crippen molar-refractivity contribution in [2.45, 2.75) is 25.3 Å². The molecular weight excluding hydrogens is 331 g/mol. The van der Waals surface area contributed by atoms with Gasteiger partial charge in [0.25, 0.3) is 5.91 Å². The van der Waals surface area contributed by atoms with E-state index in [2.05, 4.69) is 5.32 Å². The number of aryl methyl sites for hydroxylation is 1. The van der Waals surface area contributed by atoms with E-state index in [-0.39, 0.29) is 11.7 Å². The predicted molar refractivity (Wildman–Crippen MR) is 100 cm³/mol. The molecule has 3 rings (SSSR count). The number of ether oxygens (including phenoxy) is 1. The van der Waals surface area contributed by atoms with Crippen molar-refractivity contribution in [2.75, 3.05) is 27.2 Å². The Morgan fingerprint density at radius 3 is 2.65 bits per heavy atom. The molecule has 4 nitrogen and oxygen atoms in total. The van der Waals surface area contributed by atoms with E-state index in [0.717, 1.165) is 30.5 Å². The first kappa shape index (κ1) is 18.4. The SMILES string of the molecule is Cc1ccc(OCCN(C)C)cc1C(=O)NC1(c2cccc(F)c2)CC1. The zero-order chi connectivity index (χ0) is 18.7. The fraction of sp³-hybridized carbons (Fsp3) is 0.381. The minimum atomic E-state index is -0.451. The number of benzene rings is 2. The van der Waals surface area contributed by atoms with Crippen LogP contribution in [0.15, 0.2) is 42.5 Å². The van der Waals surface area contributed by atoms with E-state index in [1.807, 2.05) is 44.1 Å². The van der Waals surface area contributed by atoms with E-state index in [1.165, 1.54) is 12.1 Å². The molecule has 0 unspecified atom stereocenters. The van der Waals surface area contributed by atoms with Crippen LogP contribution in [0.3, 0.4) is 0 Å². The molecule has 0 aliphatic heterocycles. The third-order valence-corrected chi connectivity index (χ3v) is 4.74. The Morgan fingerprint density at radius 2 is 2.00 bits per heavy atom. The van der Waals surface area contributed by atoms with Crippen LogP contribution in [0.5, 0.6) is 5.75 Å². The van der Waals surface area contributed by atoms with Gasteiger partial charge in [-0.25, -0.2) is 4.39 Å². The second kappa shape index (κ2) is 7.46. The zero-order valence-corrected chi connectivity index (χ0v) is 15.5. The van der Waals surface area contributed by atoms with Crippen molar-refractivity contribution >= 4 is 5.91 Å². The molecule has 0 spiro atoms. The van der Waals surface area contributed by atoms with E-state index in [9.17, 15) is 9.18 Å². The summed E-state index contributed by atoms with van der Waals surface area (Å²) in [5.74, 6) is 0.246. The number of carbonyl (C=O) groups excluding carboxylic acids is 1. The smallest absolute Gasteiger partial charge is 0.252 e. The van der Waals surface area contributed by atoms with Gasteiger partial charge < -0.3 is 15.0 Å². The highest BCUT2D eigenvalue weighted by Gasteiger charge is 2.46. The summed E-state index contributed by atoms with van der Waals surface area (Å²) < 4.78 is 19.3. The third-order valence-electron chi connectivity index (χ3n) is 4.74. The van der Waals surface area contributed by atoms with Crippen LogP contribution < -0.4 is 10.1 Å². The molecule has 26 heavy (non-hydrogen) atoms. The van der Waals surface area contributed by atoms with Gasteiger partial charge in [0.15, 0.2) is 0 Å². The molecule has 0 heterocycles. The van der Waals surface area contributed by atoms with Gasteiger partial charge in [0.2, 0.25) is 0 Å². The number of carbonyl (C=O) groups is 1. The molecule has 0 saturated heterocycles. The Kier molecular flexibility index (Phi) is 5.28. The van der Waals surface area contributed by atoms with E-state index in [1.54, 1.807) is 12.1 Å². The molecule has 1 aliphatic carbocycles. The van der Waals surface area contributed by atoms with Crippen LogP contribution in [0.2, 0.25) is 0 Å². The number of likely N-dealkylation sites (N-methyl/N-ethyl adjacent to an activating group) is 1. The molecule has 0 radical (unpaired) electrons. The summed E-state index contributed by atoms with van der Waals surface area (Å²) in [6.07, 6.45) is 1.64. The van der Waals surface area contributed by atoms with Crippen molar-refractivity contribution in [2.24, 2.45) is 0 Å². The average Bonchev–Trinajstić information content (AvgIpc) is 3.37. The van der Waals surface area contributed by atoms with Crippen LogP contribution in [0, 0.1) is 12.7 Å². The molecule has 138 valence electrons. The van der Waals surface area contributed by atoms with Crippen LogP contribution >= 0.6 is 0 Å². The van der Waals surface area contributed by atoms with Crippen molar-refractivity contribution in [3.8, 4) is 5.75 Å². The largest absolute Gasteiger partial charge is 0.492 e. The summed E-state index contributed by atoms with van der Waals surface area (Å²) >= 11 is 0. The van der Waals surface area contributed by atoms with E-state index < -0.39 is 5.54 Å². The summed E-state index contributed by atoms with van der Waals surface area (Å²) in [6.45, 7) is 3.27. The predicted octanol–water partition coefficient (Wildman–Crippen LogP) is 3.49. The molecule has 0 aromatic heterocycles. The standard InChI is InChI=1S/C21H25FN2O2/c1-15-7-8-18(26-12-11-24(2)3)14-19(15)20(25)23-21(9-10-21)16-5-4-6-17(22)13-16/h4-8,13-14H,9-12H2,1-3H3,(H,23,25). The average molecular weight is 356 g/mol. The van der Waals surface area contributed by atoms with Crippen molar-refractivity contribution in [3.63, 3.8) is 0 Å². The lowest BCUT2D eigenvalue weighted by Gasteiger charge is -2.19. The lowest BCUT2D eigenvalue weighted by Crippen LogP contribution is -2.35. The van der Waals surface area contributed by atoms with Crippen LogP contribution in [0.1, 0.15) is 34.3 Å². The molecule has 2 aromatic rings. The number of hydrogen-bond acceptors (Lipinski definition) is 3. The maximum atomic E-state index is 13.5. The van der Waals surface area contributed by atoms with Gasteiger partial charge in [-0.05, 0) is 69.3 Å². The van der Waals surface area contributed by atoms with Crippen molar-refractivity contribution in [3.05, 3.63) is 65.0 Å². The monoisotopic (exact) mass is 356 g/mol. The van der Waals surface area contributed by atoms with Crippen LogP contribution in [-0.2, 0) is 5.54 Å². The zero-order valence-electron chi connectivity index (χ0n) is 15.5. The summed E-state index contributed by atoms with van der Waals surface area (Å²) in [5.41, 5.74) is 1.85. The van der Waals surface area contributed by atoms with Gasteiger partial charge in [0, 0.05) is 12.1 Å². The Balaban J connectivity index is 1.73. The minimum Gasteiger partial charge on any atom is -0.492 e. The molecule has 5 heteroatoms. The summed E-state index contributed by atoms with van der Waals surface area (Å²) in [4.78, 5) is 14.9. The summed E-state index contributed by atoms with van der Waals surface area (Å²) in [5, 5.41) is 3.10. The number of rotatable bonds is 7. The van der Waals surface area contributed by atoms with E-state index in [0.29, 0.717) is 17.9 Å². The third kappa shape index (κ3) is 4.22. The van der Waals surface area contributed by atoms with Crippen LogP contribution in [0.25, 0.3) is 0 Å². The first-order valence-electron chi connectivity index (χ1n) is 8.86. The highest BCUT2D eigenvalue weighted by Crippen LogP contribution is 2.45. The lowest BCUT2D eigenvalue weighted by molar-refractivity contribution is 0.0929. The van der Waals surface area contributed by atoms with Crippen molar-refractivity contribution in [1.82, 2.24) is 10.2 Å².